The van der Waals surface area contributed by atoms with Gasteiger partial charge in [-0.25, -0.2) is 4.79 Å². The Kier molecular flexibility index (Phi) is 5.18. The van der Waals surface area contributed by atoms with Crippen LogP contribution in [0.3, 0.4) is 0 Å². The van der Waals surface area contributed by atoms with Crippen LogP contribution in [0.15, 0.2) is 41.8 Å². The lowest BCUT2D eigenvalue weighted by atomic mass is 9.80. The predicted molar refractivity (Wildman–Crippen MR) is 112 cm³/mol. The van der Waals surface area contributed by atoms with Gasteiger partial charge in [0.05, 0.1) is 16.7 Å². The van der Waals surface area contributed by atoms with Crippen LogP contribution < -0.4 is 4.74 Å². The number of rotatable bonds is 6. The third kappa shape index (κ3) is 3.49. The van der Waals surface area contributed by atoms with Crippen molar-refractivity contribution < 1.29 is 33.4 Å². The van der Waals surface area contributed by atoms with Crippen molar-refractivity contribution in [3.05, 3.63) is 52.2 Å². The van der Waals surface area contributed by atoms with Crippen LogP contribution in [0.5, 0.6) is 5.75 Å². The van der Waals surface area contributed by atoms with Gasteiger partial charge in [-0.15, -0.1) is 11.3 Å². The number of fused-ring (bicyclic) bond motifs is 1. The second-order valence-corrected chi connectivity index (χ2v) is 9.89. The van der Waals surface area contributed by atoms with Crippen LogP contribution in [0, 0.1) is 23.7 Å². The molecule has 0 N–H and O–H groups in total. The molecule has 3 fully saturated rings. The average molecular weight is 505 g/mol. The van der Waals surface area contributed by atoms with Crippen LogP contribution in [0.2, 0.25) is 0 Å². The number of ether oxygens (including phenoxy) is 3. The molecule has 2 saturated carbocycles. The Hall–Kier alpha value is -2.52. The first kappa shape index (κ1) is 20.4. The fraction of sp³-hybridized carbons (Fsp3) is 0.364. The van der Waals surface area contributed by atoms with Crippen molar-refractivity contribution in [1.82, 2.24) is 0 Å². The molecular formula is C22H17BrO7S. The van der Waals surface area contributed by atoms with E-state index in [0.29, 0.717) is 16.2 Å². The molecule has 9 heteroatoms. The van der Waals surface area contributed by atoms with Crippen LogP contribution >= 0.6 is 27.3 Å². The maximum Gasteiger partial charge on any atom is 0.353 e. The highest BCUT2D eigenvalue weighted by molar-refractivity contribution is 9.09. The number of alkyl halides is 1. The summed E-state index contributed by atoms with van der Waals surface area (Å²) in [5.74, 6) is -2.44. The van der Waals surface area contributed by atoms with E-state index in [1.807, 2.05) is 0 Å². The van der Waals surface area contributed by atoms with Crippen LogP contribution in [0.25, 0.3) is 0 Å². The van der Waals surface area contributed by atoms with Gasteiger partial charge in [-0.2, -0.15) is 0 Å². The number of benzene rings is 1. The molecule has 2 heterocycles. The van der Waals surface area contributed by atoms with E-state index >= 15 is 0 Å². The standard InChI is InChI=1S/C22H17BrO7S/c23-18-12-8-13-17(22(27)30-19(13)18)16(12)21(26)28-9-14(24)10-3-5-11(6-4-10)29-20(25)15-2-1-7-31-15/h1-7,12-13,16-19H,8-9H2/t12-,13-,16-,17-,18+,19+/m1/s1. The molecule has 0 radical (unpaired) electrons. The zero-order chi connectivity index (χ0) is 21.7. The number of hydrogen-bond acceptors (Lipinski definition) is 8. The summed E-state index contributed by atoms with van der Waals surface area (Å²) in [4.78, 5) is 49.7. The van der Waals surface area contributed by atoms with Crippen molar-refractivity contribution in [2.75, 3.05) is 6.61 Å². The quantitative estimate of drug-likeness (QED) is 0.257. The molecule has 3 aliphatic rings. The summed E-state index contributed by atoms with van der Waals surface area (Å²) in [5, 5.41) is 1.78. The second kappa shape index (κ2) is 7.87. The molecule has 1 aromatic heterocycles. The predicted octanol–water partition coefficient (Wildman–Crippen LogP) is 3.26. The Morgan fingerprint density at radius 1 is 1.13 bits per heavy atom. The first-order valence-electron chi connectivity index (χ1n) is 9.84. The van der Waals surface area contributed by atoms with Crippen molar-refractivity contribution in [3.63, 3.8) is 0 Å². The Morgan fingerprint density at radius 2 is 1.90 bits per heavy atom. The summed E-state index contributed by atoms with van der Waals surface area (Å²) in [5.41, 5.74) is 0.329. The normalized spacial score (nSPS) is 30.2. The number of Topliss-reactive ketones (excluding diaryl/α,β-unsaturated/α-hetero) is 1. The summed E-state index contributed by atoms with van der Waals surface area (Å²) in [7, 11) is 0. The van der Waals surface area contributed by atoms with Crippen LogP contribution in [0.4, 0.5) is 0 Å². The summed E-state index contributed by atoms with van der Waals surface area (Å²) in [6.45, 7) is -0.417. The van der Waals surface area contributed by atoms with Crippen molar-refractivity contribution >= 4 is 51.0 Å². The van der Waals surface area contributed by atoms with E-state index in [9.17, 15) is 19.2 Å². The van der Waals surface area contributed by atoms with Gasteiger partial charge < -0.3 is 14.2 Å². The minimum Gasteiger partial charge on any atom is -0.461 e. The van der Waals surface area contributed by atoms with Gasteiger partial charge in [0.1, 0.15) is 16.7 Å². The number of carbonyl (C=O) groups excluding carboxylic acids is 4. The van der Waals surface area contributed by atoms with Crippen molar-refractivity contribution in [2.45, 2.75) is 17.4 Å². The molecule has 6 atom stereocenters. The molecule has 5 rings (SSSR count). The zero-order valence-corrected chi connectivity index (χ0v) is 18.5. The molecule has 0 unspecified atom stereocenters. The summed E-state index contributed by atoms with van der Waals surface area (Å²) < 4.78 is 15.9. The molecule has 2 bridgehead atoms. The molecule has 2 aliphatic carbocycles. The maximum atomic E-state index is 12.7. The molecule has 1 saturated heterocycles. The highest BCUT2D eigenvalue weighted by Crippen LogP contribution is 2.60. The van der Waals surface area contributed by atoms with Gasteiger partial charge in [0.2, 0.25) is 0 Å². The Morgan fingerprint density at radius 3 is 2.61 bits per heavy atom. The van der Waals surface area contributed by atoms with Crippen molar-refractivity contribution in [1.29, 1.82) is 0 Å². The highest BCUT2D eigenvalue weighted by atomic mass is 79.9. The lowest BCUT2D eigenvalue weighted by Crippen LogP contribution is -2.39. The average Bonchev–Trinajstić information content (AvgIpc) is 3.52. The number of ketones is 1. The number of esters is 3. The Labute approximate surface area is 189 Å². The molecule has 31 heavy (non-hydrogen) atoms. The lowest BCUT2D eigenvalue weighted by Gasteiger charge is -2.26. The van der Waals surface area contributed by atoms with Crippen LogP contribution in [0.1, 0.15) is 26.5 Å². The van der Waals surface area contributed by atoms with Gasteiger partial charge in [0, 0.05) is 11.5 Å². The maximum absolute atomic E-state index is 12.7. The van der Waals surface area contributed by atoms with E-state index in [1.54, 1.807) is 17.5 Å². The Balaban J connectivity index is 1.18. The third-order valence-corrected chi connectivity index (χ3v) is 8.30. The van der Waals surface area contributed by atoms with Crippen molar-refractivity contribution in [2.24, 2.45) is 23.7 Å². The van der Waals surface area contributed by atoms with E-state index in [2.05, 4.69) is 15.9 Å². The highest BCUT2D eigenvalue weighted by Gasteiger charge is 2.68. The lowest BCUT2D eigenvalue weighted by molar-refractivity contribution is -0.154. The van der Waals surface area contributed by atoms with Gasteiger partial charge in [0.15, 0.2) is 12.4 Å². The number of halogens is 1. The molecule has 1 aromatic carbocycles. The SMILES string of the molecule is O=C(COC(=O)[C@@H]1[C@H]2C[C@H]3[C@H](OC(=O)[C@H]31)[C@H]2Br)c1ccc(OC(=O)c2cccs2)cc1. The molecule has 1 aliphatic heterocycles. The monoisotopic (exact) mass is 504 g/mol. The number of hydrogen-bond donors (Lipinski definition) is 0. The molecular weight excluding hydrogens is 488 g/mol. The topological polar surface area (TPSA) is 96.0 Å². The van der Waals surface area contributed by atoms with E-state index in [4.69, 9.17) is 14.2 Å². The van der Waals surface area contributed by atoms with Crippen LogP contribution in [-0.4, -0.2) is 41.2 Å². The molecule has 0 spiro atoms. The van der Waals surface area contributed by atoms with Gasteiger partial charge in [-0.05, 0) is 48.1 Å². The first-order chi connectivity index (χ1) is 14.9. The van der Waals surface area contributed by atoms with Gasteiger partial charge >= 0.3 is 17.9 Å². The smallest absolute Gasteiger partial charge is 0.353 e. The molecule has 160 valence electrons. The minimum absolute atomic E-state index is 0.0219. The van der Waals surface area contributed by atoms with Gasteiger partial charge in [-0.1, -0.05) is 22.0 Å². The van der Waals surface area contributed by atoms with E-state index in [-0.39, 0.29) is 34.5 Å². The molecule has 2 aromatic rings. The summed E-state index contributed by atoms with van der Waals surface area (Å²) in [6.07, 6.45) is 0.580. The summed E-state index contributed by atoms with van der Waals surface area (Å²) >= 11 is 4.83. The Bertz CT molecular complexity index is 1050. The fourth-order valence-corrected chi connectivity index (χ4v) is 6.51. The number of carbonyl (C=O) groups is 4. The number of thiophene rings is 1. The minimum atomic E-state index is -0.576. The third-order valence-electron chi connectivity index (χ3n) is 6.25. The first-order valence-corrected chi connectivity index (χ1v) is 11.6. The summed E-state index contributed by atoms with van der Waals surface area (Å²) in [6, 6.07) is 9.48. The largest absolute Gasteiger partial charge is 0.461 e. The van der Waals surface area contributed by atoms with E-state index < -0.39 is 30.4 Å². The molecule has 7 nitrogen and oxygen atoms in total. The van der Waals surface area contributed by atoms with E-state index in [0.717, 1.165) is 6.42 Å². The fourth-order valence-electron chi connectivity index (χ4n) is 4.87. The van der Waals surface area contributed by atoms with Gasteiger partial charge in [-0.3, -0.25) is 14.4 Å². The van der Waals surface area contributed by atoms with E-state index in [1.165, 1.54) is 35.6 Å². The van der Waals surface area contributed by atoms with Crippen molar-refractivity contribution in [3.8, 4) is 5.75 Å². The molecule has 0 amide bonds. The van der Waals surface area contributed by atoms with Crippen LogP contribution in [-0.2, 0) is 19.1 Å². The second-order valence-electron chi connectivity index (χ2n) is 7.88. The zero-order valence-electron chi connectivity index (χ0n) is 16.1. The van der Waals surface area contributed by atoms with Gasteiger partial charge in [0.25, 0.3) is 0 Å².